The van der Waals surface area contributed by atoms with Gasteiger partial charge in [-0.15, -0.1) is 0 Å². The maximum atomic E-state index is 12.8. The van der Waals surface area contributed by atoms with Crippen LogP contribution in [0.15, 0.2) is 30.5 Å². The number of carbonyl (C=O) groups is 2. The van der Waals surface area contributed by atoms with E-state index in [1.54, 1.807) is 42.1 Å². The van der Waals surface area contributed by atoms with Gasteiger partial charge in [-0.25, -0.2) is 4.68 Å². The van der Waals surface area contributed by atoms with Crippen LogP contribution in [-0.4, -0.2) is 45.5 Å². The third-order valence-electron chi connectivity index (χ3n) is 4.55. The highest BCUT2D eigenvalue weighted by molar-refractivity contribution is 6.30. The summed E-state index contributed by atoms with van der Waals surface area (Å²) in [5.74, 6) is -1.27. The van der Waals surface area contributed by atoms with E-state index < -0.39 is 11.5 Å². The summed E-state index contributed by atoms with van der Waals surface area (Å²) in [7, 11) is 0. The van der Waals surface area contributed by atoms with Gasteiger partial charge in [-0.2, -0.15) is 5.10 Å². The summed E-state index contributed by atoms with van der Waals surface area (Å²) < 4.78 is 6.92. The molecular weight excluding hydrogens is 358 g/mol. The molecule has 1 fully saturated rings. The smallest absolute Gasteiger partial charge is 0.305 e. The maximum Gasteiger partial charge on any atom is 0.305 e. The van der Waals surface area contributed by atoms with Crippen molar-refractivity contribution in [2.24, 2.45) is 0 Å². The molecule has 0 radical (unpaired) electrons. The molecule has 26 heavy (non-hydrogen) atoms. The molecule has 0 saturated carbocycles. The summed E-state index contributed by atoms with van der Waals surface area (Å²) in [6, 6.07) is 7.11. The minimum Gasteiger partial charge on any atom is -0.481 e. The van der Waals surface area contributed by atoms with Gasteiger partial charge in [-0.1, -0.05) is 11.6 Å². The van der Waals surface area contributed by atoms with Crippen LogP contribution >= 0.6 is 11.6 Å². The van der Waals surface area contributed by atoms with Crippen LogP contribution in [-0.2, 0) is 9.53 Å². The summed E-state index contributed by atoms with van der Waals surface area (Å²) in [4.78, 5) is 24.1. The number of aliphatic carboxylic acids is 1. The van der Waals surface area contributed by atoms with Crippen molar-refractivity contribution in [3.8, 4) is 5.69 Å². The lowest BCUT2D eigenvalue weighted by atomic mass is 9.86. The van der Waals surface area contributed by atoms with E-state index in [1.165, 1.54) is 0 Å². The Balaban J connectivity index is 1.82. The Kier molecular flexibility index (Phi) is 5.29. The van der Waals surface area contributed by atoms with E-state index in [1.807, 2.05) is 0 Å². The number of carboxylic acids is 1. The standard InChI is InChI=1S/C18H20ClN3O4/c1-12-15(11-22(21-12)14-4-2-13(19)3-5-14)17(25)20-18(10-16(23)24)6-8-26-9-7-18/h2-5,11H,6-10H2,1H3,(H,20,25)(H,23,24). The average molecular weight is 378 g/mol. The predicted molar refractivity (Wildman–Crippen MR) is 95.8 cm³/mol. The number of aryl methyl sites for hydroxylation is 1. The van der Waals surface area contributed by atoms with Crippen molar-refractivity contribution < 1.29 is 19.4 Å². The second-order valence-corrected chi connectivity index (χ2v) is 6.90. The van der Waals surface area contributed by atoms with Crippen molar-refractivity contribution >= 4 is 23.5 Å². The van der Waals surface area contributed by atoms with Crippen molar-refractivity contribution in [2.45, 2.75) is 31.7 Å². The van der Waals surface area contributed by atoms with Crippen LogP contribution < -0.4 is 5.32 Å². The SMILES string of the molecule is Cc1nn(-c2ccc(Cl)cc2)cc1C(=O)NC1(CC(=O)O)CCOCC1. The van der Waals surface area contributed by atoms with E-state index >= 15 is 0 Å². The minimum atomic E-state index is -0.944. The van der Waals surface area contributed by atoms with E-state index in [0.29, 0.717) is 42.3 Å². The lowest BCUT2D eigenvalue weighted by Crippen LogP contribution is -2.53. The van der Waals surface area contributed by atoms with E-state index in [-0.39, 0.29) is 12.3 Å². The van der Waals surface area contributed by atoms with Crippen LogP contribution in [0.1, 0.15) is 35.3 Å². The van der Waals surface area contributed by atoms with Crippen LogP contribution in [0.4, 0.5) is 0 Å². The predicted octanol–water partition coefficient (Wildman–Crippen LogP) is 2.59. The molecule has 1 saturated heterocycles. The summed E-state index contributed by atoms with van der Waals surface area (Å²) >= 11 is 5.90. The highest BCUT2D eigenvalue weighted by Gasteiger charge is 2.37. The molecule has 0 atom stereocenters. The normalized spacial score (nSPS) is 16.2. The van der Waals surface area contributed by atoms with Gasteiger partial charge in [0, 0.05) is 24.4 Å². The van der Waals surface area contributed by atoms with Gasteiger partial charge < -0.3 is 15.2 Å². The van der Waals surface area contributed by atoms with Crippen molar-refractivity contribution in [3.63, 3.8) is 0 Å². The first-order valence-corrected chi connectivity index (χ1v) is 8.71. The molecule has 1 aromatic heterocycles. The molecule has 8 heteroatoms. The van der Waals surface area contributed by atoms with Gasteiger partial charge >= 0.3 is 5.97 Å². The molecule has 0 spiro atoms. The maximum absolute atomic E-state index is 12.8. The fourth-order valence-electron chi connectivity index (χ4n) is 3.11. The number of benzene rings is 1. The Morgan fingerprint density at radius 1 is 1.31 bits per heavy atom. The van der Waals surface area contributed by atoms with Crippen molar-refractivity contribution in [2.75, 3.05) is 13.2 Å². The van der Waals surface area contributed by atoms with Gasteiger partial charge in [0.1, 0.15) is 0 Å². The average Bonchev–Trinajstić information content (AvgIpc) is 2.97. The molecule has 138 valence electrons. The summed E-state index contributed by atoms with van der Waals surface area (Å²) in [6.45, 7) is 2.60. The largest absolute Gasteiger partial charge is 0.481 e. The molecule has 0 unspecified atom stereocenters. The first kappa shape index (κ1) is 18.4. The number of nitrogens with zero attached hydrogens (tertiary/aromatic N) is 2. The molecule has 2 heterocycles. The molecule has 1 aliphatic heterocycles. The lowest BCUT2D eigenvalue weighted by molar-refractivity contribution is -0.139. The number of ether oxygens (including phenoxy) is 1. The summed E-state index contributed by atoms with van der Waals surface area (Å²) in [5.41, 5.74) is 0.963. The Morgan fingerprint density at radius 2 is 1.96 bits per heavy atom. The third kappa shape index (κ3) is 4.05. The zero-order valence-electron chi connectivity index (χ0n) is 14.4. The number of hydrogen-bond acceptors (Lipinski definition) is 4. The third-order valence-corrected chi connectivity index (χ3v) is 4.80. The number of rotatable bonds is 5. The van der Waals surface area contributed by atoms with Crippen LogP contribution in [0.3, 0.4) is 0 Å². The number of carboxylic acid groups (broad SMARTS) is 1. The Labute approximate surface area is 155 Å². The van der Waals surface area contributed by atoms with E-state index in [4.69, 9.17) is 16.3 Å². The van der Waals surface area contributed by atoms with Crippen LogP contribution in [0.5, 0.6) is 0 Å². The highest BCUT2D eigenvalue weighted by Crippen LogP contribution is 2.26. The quantitative estimate of drug-likeness (QED) is 0.835. The van der Waals surface area contributed by atoms with E-state index in [9.17, 15) is 14.7 Å². The van der Waals surface area contributed by atoms with Crippen LogP contribution in [0, 0.1) is 6.92 Å². The van der Waals surface area contributed by atoms with Crippen molar-refractivity contribution in [3.05, 3.63) is 46.7 Å². The van der Waals surface area contributed by atoms with E-state index in [0.717, 1.165) is 5.69 Å². The van der Waals surface area contributed by atoms with Crippen molar-refractivity contribution in [1.82, 2.24) is 15.1 Å². The van der Waals surface area contributed by atoms with Gasteiger partial charge in [0.05, 0.1) is 28.9 Å². The number of nitrogens with one attached hydrogen (secondary N) is 1. The molecule has 7 nitrogen and oxygen atoms in total. The Bertz CT molecular complexity index is 810. The number of halogens is 1. The zero-order chi connectivity index (χ0) is 18.7. The fourth-order valence-corrected chi connectivity index (χ4v) is 3.24. The second-order valence-electron chi connectivity index (χ2n) is 6.47. The zero-order valence-corrected chi connectivity index (χ0v) is 15.1. The van der Waals surface area contributed by atoms with Gasteiger partial charge in [-0.05, 0) is 44.0 Å². The van der Waals surface area contributed by atoms with Gasteiger partial charge in [-0.3, -0.25) is 9.59 Å². The molecule has 1 aromatic carbocycles. The topological polar surface area (TPSA) is 93.5 Å². The molecule has 0 bridgehead atoms. The van der Waals surface area contributed by atoms with Crippen molar-refractivity contribution in [1.29, 1.82) is 0 Å². The Morgan fingerprint density at radius 3 is 2.58 bits per heavy atom. The van der Waals surface area contributed by atoms with E-state index in [2.05, 4.69) is 10.4 Å². The fraction of sp³-hybridized carbons (Fsp3) is 0.389. The molecule has 1 amide bonds. The lowest BCUT2D eigenvalue weighted by Gasteiger charge is -2.36. The first-order valence-electron chi connectivity index (χ1n) is 8.33. The molecule has 1 aliphatic rings. The molecular formula is C18H20ClN3O4. The molecule has 2 aromatic rings. The summed E-state index contributed by atoms with van der Waals surface area (Å²) in [5, 5.41) is 17.1. The second kappa shape index (κ2) is 7.47. The monoisotopic (exact) mass is 377 g/mol. The summed E-state index contributed by atoms with van der Waals surface area (Å²) in [6.07, 6.45) is 2.44. The first-order chi connectivity index (χ1) is 12.4. The van der Waals surface area contributed by atoms with Crippen LogP contribution in [0.25, 0.3) is 5.69 Å². The highest BCUT2D eigenvalue weighted by atomic mass is 35.5. The number of amides is 1. The number of carbonyl (C=O) groups excluding carboxylic acids is 1. The molecule has 2 N–H and O–H groups in total. The Hall–Kier alpha value is -2.38. The van der Waals surface area contributed by atoms with Gasteiger partial charge in [0.25, 0.3) is 5.91 Å². The number of hydrogen-bond donors (Lipinski definition) is 2. The minimum absolute atomic E-state index is 0.132. The molecule has 3 rings (SSSR count). The van der Waals surface area contributed by atoms with Crippen LogP contribution in [0.2, 0.25) is 5.02 Å². The van der Waals surface area contributed by atoms with Gasteiger partial charge in [0.2, 0.25) is 0 Å². The number of aromatic nitrogens is 2. The van der Waals surface area contributed by atoms with Gasteiger partial charge in [0.15, 0.2) is 0 Å². The molecule has 0 aliphatic carbocycles.